The highest BCUT2D eigenvalue weighted by Gasteiger charge is 2.23. The Morgan fingerprint density at radius 1 is 1.43 bits per heavy atom. The molecule has 0 spiro atoms. The zero-order valence-electron chi connectivity index (χ0n) is 3.37. The average Bonchev–Trinajstić information content (AvgIpc) is 1.31. The van der Waals surface area contributed by atoms with Gasteiger partial charge in [-0.05, 0) is 0 Å². The van der Waals surface area contributed by atoms with Gasteiger partial charge in [-0.1, -0.05) is 32.4 Å². The predicted molar refractivity (Wildman–Crippen MR) is 43.5 cm³/mol. The van der Waals surface area contributed by atoms with E-state index in [-0.39, 0.29) is 5.12 Å². The Bertz CT molecular complexity index is 56.4. The zero-order valence-corrected chi connectivity index (χ0v) is 7.94. The molecule has 5 heteroatoms. The Morgan fingerprint density at radius 3 is 1.57 bits per heavy atom. The molecule has 44 valence electrons. The van der Waals surface area contributed by atoms with Crippen molar-refractivity contribution >= 4 is 53.3 Å². The highest BCUT2D eigenvalue weighted by Crippen LogP contribution is 2.39. The Hall–Kier alpha value is 1.73. The summed E-state index contributed by atoms with van der Waals surface area (Å²) in [6.45, 7) is 0. The predicted octanol–water partition coefficient (Wildman–Crippen LogP) is 2.43. The topological polar surface area (TPSA) is 0 Å². The lowest BCUT2D eigenvalue weighted by atomic mass is 10.9. The third-order valence-electron chi connectivity index (χ3n) is 0.368. The van der Waals surface area contributed by atoms with Gasteiger partial charge in [-0.2, -0.15) is 0 Å². The maximum Gasteiger partial charge on any atom is 0.150 e. The van der Waals surface area contributed by atoms with E-state index >= 15 is 0 Å². The van der Waals surface area contributed by atoms with Crippen LogP contribution < -0.4 is 0 Å². The Morgan fingerprint density at radius 2 is 1.57 bits per heavy atom. The summed E-state index contributed by atoms with van der Waals surface area (Å²) in [5.41, 5.74) is 0. The summed E-state index contributed by atoms with van der Waals surface area (Å²) >= 11 is 16.3. The molecule has 0 N–H and O–H groups in total. The van der Waals surface area contributed by atoms with Gasteiger partial charge in [0, 0.05) is 0 Å². The van der Waals surface area contributed by atoms with Gasteiger partial charge in [-0.3, -0.25) is 0 Å². The molecule has 0 heterocycles. The lowest BCUT2D eigenvalue weighted by Gasteiger charge is -2.13. The van der Waals surface area contributed by atoms with Gasteiger partial charge >= 0.3 is 0 Å². The fourth-order valence-electron chi connectivity index (χ4n) is 0. The molecular formula is C2H5Cl3P2. The van der Waals surface area contributed by atoms with Gasteiger partial charge in [0.05, 0.1) is 5.12 Å². The Balaban J connectivity index is 3.54. The molecule has 0 saturated carbocycles. The molecule has 0 bridgehead atoms. The second kappa shape index (κ2) is 3.04. The molecule has 3 unspecified atom stereocenters. The molecule has 0 rings (SSSR count). The van der Waals surface area contributed by atoms with Crippen LogP contribution in [0.25, 0.3) is 0 Å². The second-order valence-corrected chi connectivity index (χ2v) is 5.72. The smallest absolute Gasteiger partial charge is 0.115 e. The molecule has 0 radical (unpaired) electrons. The van der Waals surface area contributed by atoms with Crippen molar-refractivity contribution in [1.29, 1.82) is 0 Å². The number of hydrogen-bond donors (Lipinski definition) is 0. The summed E-state index contributed by atoms with van der Waals surface area (Å²) in [4.78, 5) is 0. The Labute approximate surface area is 62.7 Å². The van der Waals surface area contributed by atoms with Crippen molar-refractivity contribution in [2.45, 2.75) is 9.19 Å². The molecule has 0 fully saturated rings. The van der Waals surface area contributed by atoms with E-state index < -0.39 is 4.07 Å². The monoisotopic (exact) mass is 196 g/mol. The molecule has 0 aromatic rings. The second-order valence-electron chi connectivity index (χ2n) is 1.08. The lowest BCUT2D eigenvalue weighted by Crippen LogP contribution is -2.10. The van der Waals surface area contributed by atoms with Crippen molar-refractivity contribution in [2.75, 3.05) is 0 Å². The fraction of sp³-hybridized carbons (Fsp3) is 1.00. The van der Waals surface area contributed by atoms with Gasteiger partial charge in [0.2, 0.25) is 0 Å². The molecule has 0 aromatic carbocycles. The molecular weight excluding hydrogens is 192 g/mol. The molecule has 7 heavy (non-hydrogen) atoms. The van der Waals surface area contributed by atoms with E-state index in [4.69, 9.17) is 34.8 Å². The van der Waals surface area contributed by atoms with Crippen molar-refractivity contribution in [1.82, 2.24) is 0 Å². The van der Waals surface area contributed by atoms with Crippen molar-refractivity contribution in [2.24, 2.45) is 0 Å². The number of hydrogen-bond acceptors (Lipinski definition) is 0. The SMILES string of the molecule is PC(Cl)C(P)(Cl)Cl. The molecule has 0 aromatic heterocycles. The van der Waals surface area contributed by atoms with E-state index in [0.717, 1.165) is 0 Å². The van der Waals surface area contributed by atoms with Gasteiger partial charge in [0.15, 0.2) is 4.07 Å². The van der Waals surface area contributed by atoms with Crippen molar-refractivity contribution in [3.63, 3.8) is 0 Å². The van der Waals surface area contributed by atoms with Gasteiger partial charge in [-0.15, -0.1) is 20.8 Å². The first-order valence-corrected chi connectivity index (χ1v) is 3.94. The van der Waals surface area contributed by atoms with Crippen LogP contribution in [0.3, 0.4) is 0 Å². The summed E-state index contributed by atoms with van der Waals surface area (Å²) < 4.78 is -0.910. The summed E-state index contributed by atoms with van der Waals surface area (Å²) in [6.07, 6.45) is 0. The minimum Gasteiger partial charge on any atom is -0.115 e. The highest BCUT2D eigenvalue weighted by molar-refractivity contribution is 7.32. The van der Waals surface area contributed by atoms with Crippen LogP contribution in [0.4, 0.5) is 0 Å². The van der Waals surface area contributed by atoms with Crippen LogP contribution in [0.1, 0.15) is 0 Å². The molecule has 0 aliphatic heterocycles. The average molecular weight is 197 g/mol. The molecule has 0 nitrogen and oxygen atoms in total. The van der Waals surface area contributed by atoms with Crippen LogP contribution in [0.5, 0.6) is 0 Å². The van der Waals surface area contributed by atoms with E-state index in [1.54, 1.807) is 0 Å². The Kier molecular flexibility index (Phi) is 3.79. The fourth-order valence-corrected chi connectivity index (χ4v) is 0. The van der Waals surface area contributed by atoms with Crippen molar-refractivity contribution < 1.29 is 0 Å². The summed E-state index contributed by atoms with van der Waals surface area (Å²) in [5.74, 6) is 0. The van der Waals surface area contributed by atoms with Crippen LogP contribution in [-0.2, 0) is 0 Å². The summed E-state index contributed by atoms with van der Waals surface area (Å²) in [6, 6.07) is 0. The molecule has 0 amide bonds. The first-order chi connectivity index (χ1) is 2.94. The molecule has 0 aliphatic rings. The van der Waals surface area contributed by atoms with Crippen LogP contribution in [0.15, 0.2) is 0 Å². The van der Waals surface area contributed by atoms with Crippen molar-refractivity contribution in [3.8, 4) is 0 Å². The van der Waals surface area contributed by atoms with Crippen LogP contribution >= 0.6 is 53.3 Å². The number of halogens is 3. The van der Waals surface area contributed by atoms with Crippen LogP contribution in [0, 0.1) is 0 Å². The van der Waals surface area contributed by atoms with E-state index in [1.807, 2.05) is 0 Å². The summed E-state index contributed by atoms with van der Waals surface area (Å²) in [5, 5.41) is -0.319. The van der Waals surface area contributed by atoms with E-state index in [1.165, 1.54) is 0 Å². The zero-order chi connectivity index (χ0) is 6.08. The van der Waals surface area contributed by atoms with Gasteiger partial charge in [0.25, 0.3) is 0 Å². The minimum atomic E-state index is -0.910. The normalized spacial score (nSPS) is 16.7. The number of alkyl halides is 3. The van der Waals surface area contributed by atoms with Crippen molar-refractivity contribution in [3.05, 3.63) is 0 Å². The maximum absolute atomic E-state index is 5.44. The van der Waals surface area contributed by atoms with E-state index in [2.05, 4.69) is 18.5 Å². The first-order valence-electron chi connectivity index (χ1n) is 1.51. The van der Waals surface area contributed by atoms with Crippen LogP contribution in [-0.4, -0.2) is 9.19 Å². The molecule has 0 saturated heterocycles. The summed E-state index contributed by atoms with van der Waals surface area (Å²) in [7, 11) is 4.49. The highest BCUT2D eigenvalue weighted by atomic mass is 35.5. The third-order valence-corrected chi connectivity index (χ3v) is 3.31. The minimum absolute atomic E-state index is 0.319. The van der Waals surface area contributed by atoms with Gasteiger partial charge < -0.3 is 0 Å². The van der Waals surface area contributed by atoms with Crippen LogP contribution in [0.2, 0.25) is 0 Å². The quantitative estimate of drug-likeness (QED) is 0.447. The van der Waals surface area contributed by atoms with E-state index in [0.29, 0.717) is 0 Å². The van der Waals surface area contributed by atoms with E-state index in [9.17, 15) is 0 Å². The molecule has 0 aliphatic carbocycles. The first kappa shape index (κ1) is 8.73. The lowest BCUT2D eigenvalue weighted by molar-refractivity contribution is 1.23. The third kappa shape index (κ3) is 4.25. The standard InChI is InChI=1S/C2H5Cl3P2/c3-1(6)2(4,5)7/h1H,6-7H2. The largest absolute Gasteiger partial charge is 0.150 e. The maximum atomic E-state index is 5.44. The molecule has 3 atom stereocenters. The van der Waals surface area contributed by atoms with Gasteiger partial charge in [-0.25, -0.2) is 0 Å². The number of rotatable bonds is 1. The van der Waals surface area contributed by atoms with Gasteiger partial charge in [0.1, 0.15) is 0 Å².